The molecule has 2 rings (SSSR count). The number of hydrogen-bond donors (Lipinski definition) is 1. The second kappa shape index (κ2) is 5.08. The standard InChI is InChI=1S/C13H17NO3/c1-3-9(2)13(15)14-10-4-5-11-12(8-10)17-7-6-16-11/h4-5,8-9H,3,6-7H2,1-2H3,(H,14,15). The summed E-state index contributed by atoms with van der Waals surface area (Å²) in [6, 6.07) is 5.45. The van der Waals surface area contributed by atoms with Gasteiger partial charge in [-0.25, -0.2) is 0 Å². The molecular weight excluding hydrogens is 218 g/mol. The highest BCUT2D eigenvalue weighted by atomic mass is 16.6. The summed E-state index contributed by atoms with van der Waals surface area (Å²) in [5.41, 5.74) is 0.750. The summed E-state index contributed by atoms with van der Waals surface area (Å²) < 4.78 is 10.9. The largest absolute Gasteiger partial charge is 0.486 e. The lowest BCUT2D eigenvalue weighted by molar-refractivity contribution is -0.119. The third-order valence-electron chi connectivity index (χ3n) is 2.87. The van der Waals surface area contributed by atoms with Gasteiger partial charge in [0.05, 0.1) is 0 Å². The number of carbonyl (C=O) groups excluding carboxylic acids is 1. The molecule has 92 valence electrons. The maximum Gasteiger partial charge on any atom is 0.227 e. The molecule has 1 amide bonds. The van der Waals surface area contributed by atoms with E-state index in [9.17, 15) is 4.79 Å². The van der Waals surface area contributed by atoms with E-state index >= 15 is 0 Å². The predicted molar refractivity (Wildman–Crippen MR) is 65.5 cm³/mol. The fourth-order valence-corrected chi connectivity index (χ4v) is 1.57. The monoisotopic (exact) mass is 235 g/mol. The van der Waals surface area contributed by atoms with Crippen LogP contribution in [0.4, 0.5) is 5.69 Å². The third kappa shape index (κ3) is 2.70. The summed E-state index contributed by atoms with van der Waals surface area (Å²) in [5, 5.41) is 2.87. The van der Waals surface area contributed by atoms with Gasteiger partial charge in [-0.1, -0.05) is 13.8 Å². The molecular formula is C13H17NO3. The lowest BCUT2D eigenvalue weighted by atomic mass is 10.1. The van der Waals surface area contributed by atoms with Gasteiger partial charge in [-0.15, -0.1) is 0 Å². The molecule has 0 aliphatic carbocycles. The molecule has 1 N–H and O–H groups in total. The smallest absolute Gasteiger partial charge is 0.227 e. The molecule has 1 aromatic carbocycles. The van der Waals surface area contributed by atoms with Crippen molar-refractivity contribution in [1.29, 1.82) is 0 Å². The van der Waals surface area contributed by atoms with Gasteiger partial charge in [-0.3, -0.25) is 4.79 Å². The second-order valence-electron chi connectivity index (χ2n) is 4.16. The molecule has 4 heteroatoms. The first-order valence-electron chi connectivity index (χ1n) is 5.91. The van der Waals surface area contributed by atoms with Crippen LogP contribution in [0.3, 0.4) is 0 Å². The van der Waals surface area contributed by atoms with Crippen molar-refractivity contribution in [2.75, 3.05) is 18.5 Å². The van der Waals surface area contributed by atoms with E-state index in [1.165, 1.54) is 0 Å². The first-order valence-corrected chi connectivity index (χ1v) is 5.91. The maximum atomic E-state index is 11.7. The van der Waals surface area contributed by atoms with Crippen molar-refractivity contribution >= 4 is 11.6 Å². The van der Waals surface area contributed by atoms with E-state index < -0.39 is 0 Å². The molecule has 0 saturated heterocycles. The first kappa shape index (κ1) is 11.8. The van der Waals surface area contributed by atoms with Crippen LogP contribution < -0.4 is 14.8 Å². The summed E-state index contributed by atoms with van der Waals surface area (Å²) in [5.74, 6) is 1.48. The molecule has 0 saturated carbocycles. The van der Waals surface area contributed by atoms with Crippen LogP contribution >= 0.6 is 0 Å². The molecule has 1 aromatic rings. The van der Waals surface area contributed by atoms with Crippen LogP contribution in [0, 0.1) is 5.92 Å². The van der Waals surface area contributed by atoms with Gasteiger partial charge >= 0.3 is 0 Å². The Morgan fingerprint density at radius 1 is 1.35 bits per heavy atom. The summed E-state index contributed by atoms with van der Waals surface area (Å²) in [6.07, 6.45) is 0.830. The van der Waals surface area contributed by atoms with Crippen LogP contribution in [-0.4, -0.2) is 19.1 Å². The Balaban J connectivity index is 2.09. The van der Waals surface area contributed by atoms with Gasteiger partial charge in [0.2, 0.25) is 5.91 Å². The molecule has 1 aliphatic heterocycles. The number of hydrogen-bond acceptors (Lipinski definition) is 3. The topological polar surface area (TPSA) is 47.6 Å². The summed E-state index contributed by atoms with van der Waals surface area (Å²) in [6.45, 7) is 5.03. The fourth-order valence-electron chi connectivity index (χ4n) is 1.57. The number of fused-ring (bicyclic) bond motifs is 1. The quantitative estimate of drug-likeness (QED) is 0.875. The lowest BCUT2D eigenvalue weighted by Crippen LogP contribution is -2.20. The Kier molecular flexibility index (Phi) is 3.52. The Morgan fingerprint density at radius 3 is 2.76 bits per heavy atom. The van der Waals surface area contributed by atoms with Crippen molar-refractivity contribution in [1.82, 2.24) is 0 Å². The van der Waals surface area contributed by atoms with E-state index in [0.29, 0.717) is 19.0 Å². The van der Waals surface area contributed by atoms with Crippen molar-refractivity contribution in [3.8, 4) is 11.5 Å². The van der Waals surface area contributed by atoms with Crippen LogP contribution in [0.5, 0.6) is 11.5 Å². The minimum atomic E-state index is 0.0169. The molecule has 0 fully saturated rings. The van der Waals surface area contributed by atoms with Gasteiger partial charge < -0.3 is 14.8 Å². The predicted octanol–water partition coefficient (Wildman–Crippen LogP) is 2.44. The summed E-state index contributed by atoms with van der Waals surface area (Å²) >= 11 is 0. The van der Waals surface area contributed by atoms with Gasteiger partial charge in [0.25, 0.3) is 0 Å². The Morgan fingerprint density at radius 2 is 2.06 bits per heavy atom. The van der Waals surface area contributed by atoms with Crippen LogP contribution in [0.2, 0.25) is 0 Å². The highest BCUT2D eigenvalue weighted by Crippen LogP contribution is 2.32. The first-order chi connectivity index (χ1) is 8.20. The Labute approximate surface area is 101 Å². The molecule has 4 nitrogen and oxygen atoms in total. The van der Waals surface area contributed by atoms with Crippen LogP contribution in [0.15, 0.2) is 18.2 Å². The minimum absolute atomic E-state index is 0.0169. The Hall–Kier alpha value is -1.71. The SMILES string of the molecule is CCC(C)C(=O)Nc1ccc2c(c1)OCCO2. The van der Waals surface area contributed by atoms with Gasteiger partial charge in [0.1, 0.15) is 13.2 Å². The van der Waals surface area contributed by atoms with E-state index in [2.05, 4.69) is 5.32 Å². The van der Waals surface area contributed by atoms with E-state index in [1.54, 1.807) is 6.07 Å². The number of rotatable bonds is 3. The maximum absolute atomic E-state index is 11.7. The number of ether oxygens (including phenoxy) is 2. The van der Waals surface area contributed by atoms with Crippen LogP contribution in [0.1, 0.15) is 20.3 Å². The van der Waals surface area contributed by atoms with Crippen LogP contribution in [0.25, 0.3) is 0 Å². The molecule has 0 radical (unpaired) electrons. The van der Waals surface area contributed by atoms with Crippen molar-refractivity contribution < 1.29 is 14.3 Å². The zero-order valence-corrected chi connectivity index (χ0v) is 10.2. The van der Waals surface area contributed by atoms with E-state index in [-0.39, 0.29) is 11.8 Å². The lowest BCUT2D eigenvalue weighted by Gasteiger charge is -2.19. The highest BCUT2D eigenvalue weighted by molar-refractivity contribution is 5.92. The molecule has 17 heavy (non-hydrogen) atoms. The van der Waals surface area contributed by atoms with Crippen molar-refractivity contribution in [2.24, 2.45) is 5.92 Å². The van der Waals surface area contributed by atoms with Crippen molar-refractivity contribution in [3.63, 3.8) is 0 Å². The molecule has 1 aliphatic rings. The van der Waals surface area contributed by atoms with Gasteiger partial charge in [0.15, 0.2) is 11.5 Å². The van der Waals surface area contributed by atoms with Gasteiger partial charge in [-0.2, -0.15) is 0 Å². The molecule has 0 spiro atoms. The Bertz CT molecular complexity index is 417. The fraction of sp³-hybridized carbons (Fsp3) is 0.462. The number of anilines is 1. The third-order valence-corrected chi connectivity index (χ3v) is 2.87. The number of amides is 1. The van der Waals surface area contributed by atoms with E-state index in [4.69, 9.17) is 9.47 Å². The summed E-state index contributed by atoms with van der Waals surface area (Å²) in [7, 11) is 0. The highest BCUT2D eigenvalue weighted by Gasteiger charge is 2.14. The van der Waals surface area contributed by atoms with Crippen molar-refractivity contribution in [3.05, 3.63) is 18.2 Å². The molecule has 0 bridgehead atoms. The van der Waals surface area contributed by atoms with Crippen molar-refractivity contribution in [2.45, 2.75) is 20.3 Å². The number of benzene rings is 1. The normalized spacial score (nSPS) is 15.2. The minimum Gasteiger partial charge on any atom is -0.486 e. The number of carbonyl (C=O) groups is 1. The molecule has 1 unspecified atom stereocenters. The van der Waals surface area contributed by atoms with E-state index in [0.717, 1.165) is 17.9 Å². The summed E-state index contributed by atoms with van der Waals surface area (Å²) in [4.78, 5) is 11.7. The second-order valence-corrected chi connectivity index (χ2v) is 4.16. The number of nitrogens with one attached hydrogen (secondary N) is 1. The van der Waals surface area contributed by atoms with Gasteiger partial charge in [0, 0.05) is 17.7 Å². The molecule has 1 heterocycles. The average molecular weight is 235 g/mol. The zero-order chi connectivity index (χ0) is 12.3. The van der Waals surface area contributed by atoms with E-state index in [1.807, 2.05) is 26.0 Å². The van der Waals surface area contributed by atoms with Gasteiger partial charge in [-0.05, 0) is 18.6 Å². The molecule has 1 atom stereocenters. The van der Waals surface area contributed by atoms with Crippen LogP contribution in [-0.2, 0) is 4.79 Å². The molecule has 0 aromatic heterocycles. The zero-order valence-electron chi connectivity index (χ0n) is 10.2. The average Bonchev–Trinajstić information content (AvgIpc) is 2.37.